The normalized spacial score (nSPS) is 11.9. The van der Waals surface area contributed by atoms with Gasteiger partial charge in [0.2, 0.25) is 0 Å². The van der Waals surface area contributed by atoms with Gasteiger partial charge in [-0.3, -0.25) is 0 Å². The first kappa shape index (κ1) is 16.1. The third-order valence-corrected chi connectivity index (χ3v) is 4.20. The number of thioether (sulfide) groups is 1. The molecule has 0 unspecified atom stereocenters. The van der Waals surface area contributed by atoms with E-state index in [-0.39, 0.29) is 5.54 Å². The molecule has 4 heteroatoms. The molecule has 1 heterocycles. The Morgan fingerprint density at radius 3 is 2.43 bits per heavy atom. The lowest BCUT2D eigenvalue weighted by Crippen LogP contribution is -2.35. The Labute approximate surface area is 132 Å². The van der Waals surface area contributed by atoms with Gasteiger partial charge in [-0.1, -0.05) is 25.1 Å². The first-order chi connectivity index (χ1) is 9.92. The van der Waals surface area contributed by atoms with Crippen LogP contribution in [0.1, 0.15) is 39.0 Å². The second-order valence-electron chi connectivity index (χ2n) is 6.15. The molecule has 0 atom stereocenters. The minimum atomic E-state index is 0.107. The molecular formula is C17H25N3S. The highest BCUT2D eigenvalue weighted by molar-refractivity contribution is 7.99. The van der Waals surface area contributed by atoms with Gasteiger partial charge in [0, 0.05) is 17.6 Å². The number of hydrogen-bond acceptors (Lipinski definition) is 3. The van der Waals surface area contributed by atoms with Gasteiger partial charge in [0.1, 0.15) is 5.03 Å². The van der Waals surface area contributed by atoms with Gasteiger partial charge >= 0.3 is 0 Å². The maximum absolute atomic E-state index is 4.76. The first-order valence-electron chi connectivity index (χ1n) is 7.44. The van der Waals surface area contributed by atoms with E-state index in [1.807, 2.05) is 17.8 Å². The molecule has 0 fully saturated rings. The van der Waals surface area contributed by atoms with Gasteiger partial charge in [-0.05, 0) is 45.6 Å². The molecule has 2 aromatic rings. The monoisotopic (exact) mass is 303 g/mol. The van der Waals surface area contributed by atoms with Crippen molar-refractivity contribution in [3.8, 4) is 5.69 Å². The van der Waals surface area contributed by atoms with Crippen molar-refractivity contribution in [1.29, 1.82) is 0 Å². The molecule has 1 aromatic heterocycles. The van der Waals surface area contributed by atoms with Gasteiger partial charge in [-0.25, -0.2) is 4.68 Å². The molecule has 0 bridgehead atoms. The van der Waals surface area contributed by atoms with Crippen LogP contribution in [-0.4, -0.2) is 21.1 Å². The number of nitrogens with zero attached hydrogens (tertiary/aromatic N) is 2. The van der Waals surface area contributed by atoms with Crippen LogP contribution in [0.3, 0.4) is 0 Å². The Balaban J connectivity index is 2.39. The van der Waals surface area contributed by atoms with Crippen molar-refractivity contribution in [3.05, 3.63) is 41.6 Å². The molecule has 1 N–H and O–H groups in total. The Morgan fingerprint density at radius 2 is 1.86 bits per heavy atom. The van der Waals surface area contributed by atoms with Gasteiger partial charge in [-0.15, -0.1) is 11.8 Å². The second-order valence-corrected chi connectivity index (χ2v) is 7.41. The summed E-state index contributed by atoms with van der Waals surface area (Å²) in [5, 5.41) is 9.58. The molecule has 0 amide bonds. The zero-order chi connectivity index (χ0) is 15.5. The molecule has 2 rings (SSSR count). The number of aromatic nitrogens is 2. The standard InChI is InChI=1S/C17H25N3S/c1-6-21-16-15(12-18-17(3,4)5)13(2)19-20(16)14-10-8-7-9-11-14/h7-11,18H,6,12H2,1-5H3. The number of benzene rings is 1. The van der Waals surface area contributed by atoms with Gasteiger partial charge < -0.3 is 5.32 Å². The van der Waals surface area contributed by atoms with E-state index in [9.17, 15) is 0 Å². The Morgan fingerprint density at radius 1 is 1.19 bits per heavy atom. The molecule has 0 saturated carbocycles. The molecule has 0 radical (unpaired) electrons. The minimum Gasteiger partial charge on any atom is -0.308 e. The van der Waals surface area contributed by atoms with Crippen LogP contribution in [0, 0.1) is 6.92 Å². The maximum atomic E-state index is 4.76. The molecule has 3 nitrogen and oxygen atoms in total. The summed E-state index contributed by atoms with van der Waals surface area (Å²) in [6.45, 7) is 11.7. The van der Waals surface area contributed by atoms with Gasteiger partial charge in [0.15, 0.2) is 0 Å². The smallest absolute Gasteiger partial charge is 0.105 e. The molecule has 0 aliphatic heterocycles. The predicted molar refractivity (Wildman–Crippen MR) is 91.3 cm³/mol. The summed E-state index contributed by atoms with van der Waals surface area (Å²) >= 11 is 1.86. The molecule has 21 heavy (non-hydrogen) atoms. The van der Waals surface area contributed by atoms with Gasteiger partial charge in [0.05, 0.1) is 11.4 Å². The largest absolute Gasteiger partial charge is 0.308 e. The maximum Gasteiger partial charge on any atom is 0.105 e. The Bertz CT molecular complexity index is 582. The number of aryl methyl sites for hydroxylation is 1. The molecular weight excluding hydrogens is 278 g/mol. The van der Waals surface area contributed by atoms with Crippen molar-refractivity contribution in [2.75, 3.05) is 5.75 Å². The number of rotatable bonds is 5. The van der Waals surface area contributed by atoms with Crippen molar-refractivity contribution >= 4 is 11.8 Å². The van der Waals surface area contributed by atoms with E-state index in [1.54, 1.807) is 0 Å². The lowest BCUT2D eigenvalue weighted by atomic mass is 10.1. The van der Waals surface area contributed by atoms with Crippen molar-refractivity contribution in [2.45, 2.75) is 51.7 Å². The summed E-state index contributed by atoms with van der Waals surface area (Å²) in [6.07, 6.45) is 0. The van der Waals surface area contributed by atoms with Crippen molar-refractivity contribution in [1.82, 2.24) is 15.1 Å². The van der Waals surface area contributed by atoms with E-state index in [0.717, 1.165) is 23.7 Å². The molecule has 0 saturated heterocycles. The van der Waals surface area contributed by atoms with Crippen LogP contribution in [0.5, 0.6) is 0 Å². The van der Waals surface area contributed by atoms with Crippen LogP contribution in [0.2, 0.25) is 0 Å². The summed E-state index contributed by atoms with van der Waals surface area (Å²) in [7, 11) is 0. The van der Waals surface area contributed by atoms with Crippen LogP contribution in [-0.2, 0) is 6.54 Å². The predicted octanol–water partition coefficient (Wildman–Crippen LogP) is 4.18. The van der Waals surface area contributed by atoms with E-state index in [1.165, 1.54) is 10.6 Å². The lowest BCUT2D eigenvalue weighted by Gasteiger charge is -2.21. The fraction of sp³-hybridized carbons (Fsp3) is 0.471. The van der Waals surface area contributed by atoms with E-state index in [2.05, 4.69) is 68.9 Å². The fourth-order valence-electron chi connectivity index (χ4n) is 2.12. The number of nitrogens with one attached hydrogen (secondary N) is 1. The third-order valence-electron chi connectivity index (χ3n) is 3.21. The van der Waals surface area contributed by atoms with Crippen molar-refractivity contribution < 1.29 is 0 Å². The summed E-state index contributed by atoms with van der Waals surface area (Å²) < 4.78 is 2.07. The van der Waals surface area contributed by atoms with Crippen LogP contribution < -0.4 is 5.32 Å². The number of para-hydroxylation sites is 1. The quantitative estimate of drug-likeness (QED) is 0.840. The Hall–Kier alpha value is -1.26. The molecule has 1 aromatic carbocycles. The highest BCUT2D eigenvalue weighted by atomic mass is 32.2. The molecule has 114 valence electrons. The van der Waals surface area contributed by atoms with Crippen LogP contribution >= 0.6 is 11.8 Å². The minimum absolute atomic E-state index is 0.107. The molecule has 0 aliphatic rings. The van der Waals surface area contributed by atoms with Crippen molar-refractivity contribution in [3.63, 3.8) is 0 Å². The lowest BCUT2D eigenvalue weighted by molar-refractivity contribution is 0.422. The number of hydrogen-bond donors (Lipinski definition) is 1. The average molecular weight is 303 g/mol. The van der Waals surface area contributed by atoms with Crippen LogP contribution in [0.4, 0.5) is 0 Å². The summed E-state index contributed by atoms with van der Waals surface area (Å²) in [6, 6.07) is 10.4. The van der Waals surface area contributed by atoms with Crippen molar-refractivity contribution in [2.24, 2.45) is 0 Å². The molecule has 0 spiro atoms. The van der Waals surface area contributed by atoms with Gasteiger partial charge in [0.25, 0.3) is 0 Å². The average Bonchev–Trinajstić information content (AvgIpc) is 2.74. The molecule has 0 aliphatic carbocycles. The second kappa shape index (κ2) is 6.67. The fourth-order valence-corrected chi connectivity index (χ4v) is 3.06. The van der Waals surface area contributed by atoms with E-state index >= 15 is 0 Å². The van der Waals surface area contributed by atoms with E-state index in [4.69, 9.17) is 5.10 Å². The SMILES string of the molecule is CCSc1c(CNC(C)(C)C)c(C)nn1-c1ccccc1. The third kappa shape index (κ3) is 4.11. The zero-order valence-corrected chi connectivity index (χ0v) is 14.4. The van der Waals surface area contributed by atoms with Gasteiger partial charge in [-0.2, -0.15) is 5.10 Å². The highest BCUT2D eigenvalue weighted by Crippen LogP contribution is 2.28. The zero-order valence-electron chi connectivity index (χ0n) is 13.6. The Kier molecular flexibility index (Phi) is 5.12. The van der Waals surface area contributed by atoms with Crippen LogP contribution in [0.15, 0.2) is 35.4 Å². The van der Waals surface area contributed by atoms with E-state index in [0.29, 0.717) is 0 Å². The van der Waals surface area contributed by atoms with E-state index < -0.39 is 0 Å². The summed E-state index contributed by atoms with van der Waals surface area (Å²) in [5.41, 5.74) is 3.64. The van der Waals surface area contributed by atoms with Crippen LogP contribution in [0.25, 0.3) is 5.69 Å². The highest BCUT2D eigenvalue weighted by Gasteiger charge is 2.18. The topological polar surface area (TPSA) is 29.9 Å². The summed E-state index contributed by atoms with van der Waals surface area (Å²) in [4.78, 5) is 0. The summed E-state index contributed by atoms with van der Waals surface area (Å²) in [5.74, 6) is 1.04. The first-order valence-corrected chi connectivity index (χ1v) is 8.42.